The Morgan fingerprint density at radius 1 is 1.18 bits per heavy atom. The smallest absolute Gasteiger partial charge is 0.200 e. The normalized spacial score (nSPS) is 11.3. The molecule has 0 aliphatic heterocycles. The zero-order valence-electron chi connectivity index (χ0n) is 11.0. The molecule has 0 saturated heterocycles. The zero-order valence-corrected chi connectivity index (χ0v) is 12.5. The third-order valence-corrected chi connectivity index (χ3v) is 3.92. The monoisotopic (exact) mass is 357 g/mol. The van der Waals surface area contributed by atoms with E-state index in [0.717, 1.165) is 4.47 Å². The van der Waals surface area contributed by atoms with Crippen LogP contribution in [-0.4, -0.2) is 25.0 Å². The number of fused-ring (bicyclic) bond motifs is 2. The molecule has 0 radical (unpaired) electrons. The van der Waals surface area contributed by atoms with E-state index in [4.69, 9.17) is 0 Å². The Kier molecular flexibility index (Phi) is 2.73. The van der Waals surface area contributed by atoms with Gasteiger partial charge >= 0.3 is 0 Å². The van der Waals surface area contributed by atoms with Gasteiger partial charge in [-0.05, 0) is 39.3 Å². The molecule has 0 saturated carbocycles. The second kappa shape index (κ2) is 4.63. The van der Waals surface area contributed by atoms with Crippen molar-refractivity contribution in [3.8, 4) is 17.1 Å². The molecule has 0 atom stereocenters. The van der Waals surface area contributed by atoms with Gasteiger partial charge in [-0.15, -0.1) is 4.91 Å². The summed E-state index contributed by atoms with van der Waals surface area (Å²) in [5, 5.41) is 14.6. The van der Waals surface area contributed by atoms with Gasteiger partial charge in [0.2, 0.25) is 0 Å². The fourth-order valence-electron chi connectivity index (χ4n) is 2.57. The summed E-state index contributed by atoms with van der Waals surface area (Å²) in [5.41, 5.74) is 2.10. The van der Waals surface area contributed by atoms with E-state index in [0.29, 0.717) is 33.3 Å². The van der Waals surface area contributed by atoms with Gasteiger partial charge in [-0.25, -0.2) is 9.97 Å². The van der Waals surface area contributed by atoms with Gasteiger partial charge in [-0.2, -0.15) is 0 Å². The number of pyridine rings is 2. The van der Waals surface area contributed by atoms with Crippen LogP contribution in [0.4, 0.5) is 5.69 Å². The van der Waals surface area contributed by atoms with Crippen molar-refractivity contribution in [1.29, 1.82) is 0 Å². The number of nitrogens with zero attached hydrogens (tertiary/aromatic N) is 3. The lowest BCUT2D eigenvalue weighted by atomic mass is 10.1. The van der Waals surface area contributed by atoms with Crippen molar-refractivity contribution >= 4 is 43.7 Å². The standard InChI is InChI=1S/C14H8BrN5O2/c15-6-4-8-9(14(21)19-13(8)17-5-6)11-10(20-22)7-2-1-3-16-12(7)18-11/h1-5,21H,(H,16,18)(H,17,19). The second-order valence-electron chi connectivity index (χ2n) is 4.74. The zero-order chi connectivity index (χ0) is 15.3. The molecule has 0 aromatic carbocycles. The summed E-state index contributed by atoms with van der Waals surface area (Å²) >= 11 is 3.35. The third kappa shape index (κ3) is 1.74. The molecule has 4 heterocycles. The Morgan fingerprint density at radius 3 is 2.82 bits per heavy atom. The van der Waals surface area contributed by atoms with Crippen LogP contribution in [0.5, 0.6) is 5.88 Å². The van der Waals surface area contributed by atoms with Gasteiger partial charge < -0.3 is 15.1 Å². The highest BCUT2D eigenvalue weighted by Crippen LogP contribution is 2.43. The van der Waals surface area contributed by atoms with Crippen LogP contribution in [0.3, 0.4) is 0 Å². The van der Waals surface area contributed by atoms with Gasteiger partial charge in [0.25, 0.3) is 0 Å². The highest BCUT2D eigenvalue weighted by atomic mass is 79.9. The molecule has 8 heteroatoms. The van der Waals surface area contributed by atoms with Crippen LogP contribution in [0.25, 0.3) is 33.3 Å². The van der Waals surface area contributed by atoms with E-state index in [9.17, 15) is 10.0 Å². The van der Waals surface area contributed by atoms with Gasteiger partial charge in [0, 0.05) is 27.6 Å². The fraction of sp³-hybridized carbons (Fsp3) is 0. The average Bonchev–Trinajstić information content (AvgIpc) is 3.03. The number of H-pyrrole nitrogens is 2. The Balaban J connectivity index is 2.13. The van der Waals surface area contributed by atoms with Gasteiger partial charge in [-0.1, -0.05) is 0 Å². The quantitative estimate of drug-likeness (QED) is 0.471. The maximum absolute atomic E-state index is 11.3. The number of nitroso groups, excluding NO2 is 1. The summed E-state index contributed by atoms with van der Waals surface area (Å²) in [5.74, 6) is -0.0861. The first-order chi connectivity index (χ1) is 10.7. The predicted molar refractivity (Wildman–Crippen MR) is 86.0 cm³/mol. The molecule has 4 rings (SSSR count). The minimum atomic E-state index is -0.0861. The van der Waals surface area contributed by atoms with Crippen molar-refractivity contribution in [1.82, 2.24) is 19.9 Å². The van der Waals surface area contributed by atoms with Crippen LogP contribution in [0.15, 0.2) is 40.2 Å². The number of rotatable bonds is 2. The van der Waals surface area contributed by atoms with Crippen LogP contribution in [0.2, 0.25) is 0 Å². The molecular formula is C14H8BrN5O2. The topological polar surface area (TPSA) is 107 Å². The van der Waals surface area contributed by atoms with E-state index in [1.165, 1.54) is 0 Å². The highest BCUT2D eigenvalue weighted by molar-refractivity contribution is 9.10. The molecule has 0 amide bonds. The SMILES string of the molecule is O=Nc1c(-c2c(O)[nH]c3ncc(Br)cc23)[nH]c2ncccc12. The molecular weight excluding hydrogens is 350 g/mol. The first-order valence-corrected chi connectivity index (χ1v) is 7.15. The van der Waals surface area contributed by atoms with Crippen LogP contribution < -0.4 is 0 Å². The number of nitrogens with one attached hydrogen (secondary N) is 2. The van der Waals surface area contributed by atoms with E-state index in [2.05, 4.69) is 41.0 Å². The Bertz CT molecular complexity index is 1040. The number of halogens is 1. The molecule has 0 unspecified atom stereocenters. The first-order valence-electron chi connectivity index (χ1n) is 6.35. The number of aromatic amines is 2. The third-order valence-electron chi connectivity index (χ3n) is 3.48. The summed E-state index contributed by atoms with van der Waals surface area (Å²) < 4.78 is 0.759. The lowest BCUT2D eigenvalue weighted by molar-refractivity contribution is 0.460. The van der Waals surface area contributed by atoms with Crippen LogP contribution in [-0.2, 0) is 0 Å². The molecule has 3 N–H and O–H groups in total. The molecule has 4 aromatic rings. The summed E-state index contributed by atoms with van der Waals surface area (Å²) in [6.45, 7) is 0. The minimum Gasteiger partial charge on any atom is -0.494 e. The summed E-state index contributed by atoms with van der Waals surface area (Å²) in [4.78, 5) is 25.5. The van der Waals surface area contributed by atoms with E-state index < -0.39 is 0 Å². The largest absolute Gasteiger partial charge is 0.494 e. The second-order valence-corrected chi connectivity index (χ2v) is 5.65. The maximum Gasteiger partial charge on any atom is 0.200 e. The predicted octanol–water partition coefficient (Wildman–Crippen LogP) is 3.97. The molecule has 7 nitrogen and oxygen atoms in total. The van der Waals surface area contributed by atoms with Crippen molar-refractivity contribution in [2.45, 2.75) is 0 Å². The van der Waals surface area contributed by atoms with Gasteiger partial charge in [0.1, 0.15) is 17.0 Å². The fourth-order valence-corrected chi connectivity index (χ4v) is 2.90. The average molecular weight is 358 g/mol. The Hall–Kier alpha value is -2.74. The van der Waals surface area contributed by atoms with Crippen LogP contribution >= 0.6 is 15.9 Å². The number of aromatic hydroxyl groups is 1. The van der Waals surface area contributed by atoms with Crippen molar-refractivity contribution in [2.75, 3.05) is 0 Å². The lowest BCUT2D eigenvalue weighted by Crippen LogP contribution is -1.79. The molecule has 0 bridgehead atoms. The first kappa shape index (κ1) is 13.0. The van der Waals surface area contributed by atoms with Gasteiger partial charge in [-0.3, -0.25) is 0 Å². The van der Waals surface area contributed by atoms with Gasteiger partial charge in [0.05, 0.1) is 11.3 Å². The van der Waals surface area contributed by atoms with E-state index in [-0.39, 0.29) is 11.6 Å². The summed E-state index contributed by atoms with van der Waals surface area (Å²) in [6.07, 6.45) is 3.23. The molecule has 0 aliphatic carbocycles. The van der Waals surface area contributed by atoms with E-state index >= 15 is 0 Å². The molecule has 0 aliphatic rings. The summed E-state index contributed by atoms with van der Waals surface area (Å²) in [7, 11) is 0. The van der Waals surface area contributed by atoms with Gasteiger partial charge in [0.15, 0.2) is 5.88 Å². The lowest BCUT2D eigenvalue weighted by Gasteiger charge is -1.98. The van der Waals surface area contributed by atoms with E-state index in [1.807, 2.05) is 0 Å². The molecule has 108 valence electrons. The maximum atomic E-state index is 11.3. The molecule has 4 aromatic heterocycles. The summed E-state index contributed by atoms with van der Waals surface area (Å²) in [6, 6.07) is 5.28. The number of hydrogen-bond donors (Lipinski definition) is 3. The number of hydrogen-bond acceptors (Lipinski definition) is 5. The Labute approximate surface area is 131 Å². The van der Waals surface area contributed by atoms with Crippen LogP contribution in [0.1, 0.15) is 0 Å². The van der Waals surface area contributed by atoms with E-state index in [1.54, 1.807) is 30.6 Å². The van der Waals surface area contributed by atoms with Crippen molar-refractivity contribution in [3.05, 3.63) is 40.0 Å². The molecule has 0 fully saturated rings. The molecule has 22 heavy (non-hydrogen) atoms. The van der Waals surface area contributed by atoms with Crippen molar-refractivity contribution < 1.29 is 5.11 Å². The van der Waals surface area contributed by atoms with Crippen molar-refractivity contribution in [3.63, 3.8) is 0 Å². The Morgan fingerprint density at radius 2 is 2.00 bits per heavy atom. The van der Waals surface area contributed by atoms with Crippen molar-refractivity contribution in [2.24, 2.45) is 5.18 Å². The highest BCUT2D eigenvalue weighted by Gasteiger charge is 2.22. The van der Waals surface area contributed by atoms with Crippen LogP contribution in [0, 0.1) is 4.91 Å². The number of aromatic nitrogens is 4. The minimum absolute atomic E-state index is 0.0861. The molecule has 0 spiro atoms.